The van der Waals surface area contributed by atoms with Crippen LogP contribution in [0.1, 0.15) is 37.2 Å². The van der Waals surface area contributed by atoms with Crippen LogP contribution in [0.15, 0.2) is 69.0 Å². The second-order valence-corrected chi connectivity index (χ2v) is 10.8. The van der Waals surface area contributed by atoms with Crippen molar-refractivity contribution in [2.24, 2.45) is 5.10 Å². The fourth-order valence-electron chi connectivity index (χ4n) is 3.86. The van der Waals surface area contributed by atoms with Crippen molar-refractivity contribution < 1.29 is 14.3 Å². The van der Waals surface area contributed by atoms with E-state index in [9.17, 15) is 9.59 Å². The minimum Gasteiger partial charge on any atom is -0.490 e. The van der Waals surface area contributed by atoms with E-state index in [1.54, 1.807) is 18.3 Å². The number of benzene rings is 3. The number of anilines is 1. The zero-order valence-electron chi connectivity index (χ0n) is 21.8. The quantitative estimate of drug-likeness (QED) is 0.154. The molecule has 0 aliphatic carbocycles. The number of aromatic nitrogens is 2. The molecule has 8 nitrogen and oxygen atoms in total. The molecule has 0 spiro atoms. The van der Waals surface area contributed by atoms with Crippen LogP contribution in [-0.4, -0.2) is 35.0 Å². The first-order chi connectivity index (χ1) is 18.8. The molecule has 4 aromatic rings. The van der Waals surface area contributed by atoms with Gasteiger partial charge in [0.1, 0.15) is 5.82 Å². The largest absolute Gasteiger partial charge is 0.490 e. The van der Waals surface area contributed by atoms with E-state index in [1.165, 1.54) is 4.68 Å². The minimum absolute atomic E-state index is 0.175. The minimum atomic E-state index is -0.277. The number of fused-ring (bicyclic) bond motifs is 1. The maximum Gasteiger partial charge on any atom is 0.282 e. The average molecular weight is 703 g/mol. The molecular formula is C29H28BrIN4O4. The molecule has 3 aromatic carbocycles. The molecule has 0 unspecified atom stereocenters. The molecule has 202 valence electrons. The smallest absolute Gasteiger partial charge is 0.282 e. The fourth-order valence-corrected chi connectivity index (χ4v) is 5.00. The van der Waals surface area contributed by atoms with Gasteiger partial charge in [-0.3, -0.25) is 9.59 Å². The number of nitrogens with zero attached hydrogens (tertiary/aromatic N) is 3. The lowest BCUT2D eigenvalue weighted by Gasteiger charge is -2.15. The number of hydrogen-bond donors (Lipinski definition) is 1. The third-order valence-corrected chi connectivity index (χ3v) is 6.98. The Kier molecular flexibility index (Phi) is 9.73. The van der Waals surface area contributed by atoms with Crippen molar-refractivity contribution >= 4 is 67.2 Å². The van der Waals surface area contributed by atoms with Gasteiger partial charge in [0.25, 0.3) is 11.5 Å². The van der Waals surface area contributed by atoms with E-state index >= 15 is 0 Å². The van der Waals surface area contributed by atoms with Crippen LogP contribution in [0, 0.1) is 10.5 Å². The zero-order valence-corrected chi connectivity index (χ0v) is 25.6. The monoisotopic (exact) mass is 702 g/mol. The maximum absolute atomic E-state index is 13.3. The van der Waals surface area contributed by atoms with Gasteiger partial charge in [-0.25, -0.2) is 4.98 Å². The third kappa shape index (κ3) is 7.24. The van der Waals surface area contributed by atoms with Crippen LogP contribution in [0.25, 0.3) is 10.9 Å². The van der Waals surface area contributed by atoms with Crippen molar-refractivity contribution in [3.63, 3.8) is 0 Å². The predicted octanol–water partition coefficient (Wildman–Crippen LogP) is 6.32. The number of carbonyl (C=O) groups is 1. The molecule has 0 atom stereocenters. The van der Waals surface area contributed by atoms with Crippen molar-refractivity contribution in [2.45, 2.75) is 33.6 Å². The van der Waals surface area contributed by atoms with Gasteiger partial charge in [-0.1, -0.05) is 40.5 Å². The fraction of sp³-hybridized carbons (Fsp3) is 0.241. The summed E-state index contributed by atoms with van der Waals surface area (Å²) in [6.07, 6.45) is 3.03. The molecule has 0 fully saturated rings. The van der Waals surface area contributed by atoms with E-state index in [-0.39, 0.29) is 18.1 Å². The summed E-state index contributed by atoms with van der Waals surface area (Å²) in [4.78, 5) is 30.4. The number of carbonyl (C=O) groups excluding carboxylic acids is 1. The SMILES string of the molecule is CCCc1nc2ccc(Br)cc2c(=O)n1N=Cc1cc(I)c(OCC(=O)Nc2ccc(C)cc2)c(OCC)c1. The Morgan fingerprint density at radius 1 is 1.13 bits per heavy atom. The van der Waals surface area contributed by atoms with Crippen LogP contribution in [-0.2, 0) is 11.2 Å². The molecule has 1 amide bonds. The first-order valence-electron chi connectivity index (χ1n) is 12.5. The summed E-state index contributed by atoms with van der Waals surface area (Å²) in [6, 6.07) is 16.6. The van der Waals surface area contributed by atoms with E-state index in [2.05, 4.69) is 53.9 Å². The number of amides is 1. The Morgan fingerprint density at radius 2 is 1.90 bits per heavy atom. The van der Waals surface area contributed by atoms with Crippen molar-refractivity contribution in [1.82, 2.24) is 9.66 Å². The number of ether oxygens (including phenoxy) is 2. The Hall–Kier alpha value is -3.25. The number of rotatable bonds is 10. The Morgan fingerprint density at radius 3 is 2.62 bits per heavy atom. The van der Waals surface area contributed by atoms with E-state index in [1.807, 2.05) is 63.2 Å². The summed E-state index contributed by atoms with van der Waals surface area (Å²) >= 11 is 5.57. The molecule has 0 bridgehead atoms. The molecular weight excluding hydrogens is 675 g/mol. The molecule has 1 N–H and O–H groups in total. The third-order valence-electron chi connectivity index (χ3n) is 5.69. The average Bonchev–Trinajstić information content (AvgIpc) is 2.90. The summed E-state index contributed by atoms with van der Waals surface area (Å²) in [5, 5.41) is 7.82. The van der Waals surface area contributed by atoms with Gasteiger partial charge in [-0.2, -0.15) is 9.78 Å². The molecule has 0 aliphatic heterocycles. The number of nitrogens with one attached hydrogen (secondary N) is 1. The number of hydrogen-bond acceptors (Lipinski definition) is 6. The lowest BCUT2D eigenvalue weighted by Crippen LogP contribution is -2.22. The summed E-state index contributed by atoms with van der Waals surface area (Å²) in [6.45, 7) is 6.12. The normalized spacial score (nSPS) is 11.2. The molecule has 1 aromatic heterocycles. The highest BCUT2D eigenvalue weighted by Gasteiger charge is 2.15. The van der Waals surface area contributed by atoms with E-state index in [0.29, 0.717) is 52.5 Å². The van der Waals surface area contributed by atoms with Crippen molar-refractivity contribution in [1.29, 1.82) is 0 Å². The van der Waals surface area contributed by atoms with Crippen molar-refractivity contribution in [3.8, 4) is 11.5 Å². The second-order valence-electron chi connectivity index (χ2n) is 8.77. The standard InChI is InChI=1S/C29H28BrIN4O4/c1-4-6-26-34-24-12-9-20(30)15-22(24)29(37)35(26)32-16-19-13-23(31)28(25(14-19)38-5-2)39-17-27(36)33-21-10-7-18(3)8-11-21/h7-16H,4-6,17H2,1-3H3,(H,33,36). The van der Waals surface area contributed by atoms with Gasteiger partial charge < -0.3 is 14.8 Å². The van der Waals surface area contributed by atoms with Gasteiger partial charge in [-0.05, 0) is 90.9 Å². The lowest BCUT2D eigenvalue weighted by atomic mass is 10.2. The molecule has 0 aliphatic rings. The van der Waals surface area contributed by atoms with Crippen LogP contribution in [0.4, 0.5) is 5.69 Å². The first kappa shape index (κ1) is 28.8. The van der Waals surface area contributed by atoms with Crippen molar-refractivity contribution in [3.05, 3.63) is 89.9 Å². The van der Waals surface area contributed by atoms with Crippen LogP contribution in [0.2, 0.25) is 0 Å². The van der Waals surface area contributed by atoms with E-state index in [0.717, 1.165) is 20.0 Å². The molecule has 0 saturated carbocycles. The molecule has 4 rings (SSSR count). The van der Waals surface area contributed by atoms with Crippen LogP contribution in [0.3, 0.4) is 0 Å². The summed E-state index contributed by atoms with van der Waals surface area (Å²) in [5.74, 6) is 1.26. The number of halogens is 2. The van der Waals surface area contributed by atoms with Crippen molar-refractivity contribution in [2.75, 3.05) is 18.5 Å². The van der Waals surface area contributed by atoms with Gasteiger partial charge in [0, 0.05) is 16.6 Å². The molecule has 0 saturated heterocycles. The van der Waals surface area contributed by atoms with E-state index < -0.39 is 0 Å². The van der Waals surface area contributed by atoms with Crippen LogP contribution in [0.5, 0.6) is 11.5 Å². The van der Waals surface area contributed by atoms with Gasteiger partial charge in [-0.15, -0.1) is 0 Å². The van der Waals surface area contributed by atoms with Crippen LogP contribution < -0.4 is 20.3 Å². The zero-order chi connectivity index (χ0) is 27.9. The van der Waals surface area contributed by atoms with Gasteiger partial charge in [0.05, 0.1) is 27.3 Å². The Balaban J connectivity index is 1.59. The highest BCUT2D eigenvalue weighted by Crippen LogP contribution is 2.34. The molecule has 1 heterocycles. The lowest BCUT2D eigenvalue weighted by molar-refractivity contribution is -0.118. The number of aryl methyl sites for hydroxylation is 2. The summed E-state index contributed by atoms with van der Waals surface area (Å²) in [5.41, 5.74) is 2.93. The van der Waals surface area contributed by atoms with Crippen LogP contribution >= 0.6 is 38.5 Å². The van der Waals surface area contributed by atoms with Gasteiger partial charge >= 0.3 is 0 Å². The second kappa shape index (κ2) is 13.2. The van der Waals surface area contributed by atoms with E-state index in [4.69, 9.17) is 9.47 Å². The van der Waals surface area contributed by atoms with Gasteiger partial charge in [0.15, 0.2) is 18.1 Å². The Labute approximate surface area is 248 Å². The summed E-state index contributed by atoms with van der Waals surface area (Å²) < 4.78 is 14.6. The van der Waals surface area contributed by atoms with Gasteiger partial charge in [0.2, 0.25) is 0 Å². The molecule has 10 heteroatoms. The first-order valence-corrected chi connectivity index (χ1v) is 14.4. The Bertz CT molecular complexity index is 1590. The molecule has 39 heavy (non-hydrogen) atoms. The molecule has 0 radical (unpaired) electrons. The topological polar surface area (TPSA) is 94.8 Å². The highest BCUT2D eigenvalue weighted by atomic mass is 127. The maximum atomic E-state index is 13.3. The summed E-state index contributed by atoms with van der Waals surface area (Å²) in [7, 11) is 0. The predicted molar refractivity (Wildman–Crippen MR) is 166 cm³/mol. The highest BCUT2D eigenvalue weighted by molar-refractivity contribution is 14.1.